The summed E-state index contributed by atoms with van der Waals surface area (Å²) in [6.07, 6.45) is 1.00. The van der Waals surface area contributed by atoms with Crippen LogP contribution < -0.4 is 16.4 Å². The average molecular weight is 348 g/mol. The molecule has 1 aromatic rings. The van der Waals surface area contributed by atoms with Gasteiger partial charge in [0, 0.05) is 6.54 Å². The van der Waals surface area contributed by atoms with E-state index in [0.29, 0.717) is 6.54 Å². The van der Waals surface area contributed by atoms with Crippen molar-refractivity contribution >= 4 is 11.8 Å². The maximum Gasteiger partial charge on any atom is 0.239 e. The Labute approximate surface area is 151 Å². The predicted octanol–water partition coefficient (Wildman–Crippen LogP) is 1.07. The first-order valence-electron chi connectivity index (χ1n) is 8.81. The Kier molecular flexibility index (Phi) is 8.58. The highest BCUT2D eigenvalue weighted by atomic mass is 16.2. The van der Waals surface area contributed by atoms with E-state index >= 15 is 0 Å². The van der Waals surface area contributed by atoms with Crippen LogP contribution in [0.25, 0.3) is 0 Å². The van der Waals surface area contributed by atoms with Gasteiger partial charge in [-0.15, -0.1) is 0 Å². The largest absolute Gasteiger partial charge is 0.353 e. The van der Waals surface area contributed by atoms with Crippen LogP contribution in [-0.2, 0) is 16.0 Å². The van der Waals surface area contributed by atoms with Crippen LogP contribution in [0.5, 0.6) is 0 Å². The molecule has 0 saturated heterocycles. The molecule has 1 aromatic carbocycles. The Morgan fingerprint density at radius 3 is 2.20 bits per heavy atom. The zero-order valence-electron chi connectivity index (χ0n) is 16.0. The number of nitrogens with two attached hydrogens (primary N) is 1. The highest BCUT2D eigenvalue weighted by Gasteiger charge is 2.19. The first-order valence-corrected chi connectivity index (χ1v) is 8.81. The van der Waals surface area contributed by atoms with Crippen molar-refractivity contribution in [1.82, 2.24) is 15.5 Å². The third-order valence-electron chi connectivity index (χ3n) is 4.33. The molecule has 140 valence electrons. The second-order valence-electron chi connectivity index (χ2n) is 6.87. The molecular weight excluding hydrogens is 316 g/mol. The number of hydrogen-bond acceptors (Lipinski definition) is 4. The van der Waals surface area contributed by atoms with Crippen molar-refractivity contribution in [2.75, 3.05) is 27.2 Å². The van der Waals surface area contributed by atoms with Gasteiger partial charge in [0.05, 0.1) is 18.6 Å². The number of likely N-dealkylation sites (N-methyl/N-ethyl adjacent to an activating group) is 1. The van der Waals surface area contributed by atoms with Gasteiger partial charge in [-0.2, -0.15) is 0 Å². The van der Waals surface area contributed by atoms with Crippen molar-refractivity contribution in [3.8, 4) is 0 Å². The van der Waals surface area contributed by atoms with E-state index in [2.05, 4.69) is 46.7 Å². The number of hydrogen-bond donors (Lipinski definition) is 3. The van der Waals surface area contributed by atoms with Crippen molar-refractivity contribution in [2.24, 2.45) is 11.7 Å². The first kappa shape index (κ1) is 21.1. The Morgan fingerprint density at radius 1 is 1.12 bits per heavy atom. The highest BCUT2D eigenvalue weighted by Crippen LogP contribution is 2.18. The number of nitrogens with zero attached hydrogens (tertiary/aromatic N) is 1. The van der Waals surface area contributed by atoms with Crippen LogP contribution in [0.3, 0.4) is 0 Å². The molecule has 0 aromatic heterocycles. The minimum atomic E-state index is -0.598. The van der Waals surface area contributed by atoms with Gasteiger partial charge in [0.1, 0.15) is 0 Å². The summed E-state index contributed by atoms with van der Waals surface area (Å²) >= 11 is 0. The summed E-state index contributed by atoms with van der Waals surface area (Å²) in [5.41, 5.74) is 8.19. The van der Waals surface area contributed by atoms with Crippen molar-refractivity contribution in [3.05, 3.63) is 35.4 Å². The fourth-order valence-corrected chi connectivity index (χ4v) is 2.44. The summed E-state index contributed by atoms with van der Waals surface area (Å²) in [6, 6.07) is 7.89. The second kappa shape index (κ2) is 10.2. The summed E-state index contributed by atoms with van der Waals surface area (Å²) in [7, 11) is 3.96. The minimum absolute atomic E-state index is 0.0345. The van der Waals surface area contributed by atoms with Crippen molar-refractivity contribution < 1.29 is 9.59 Å². The van der Waals surface area contributed by atoms with E-state index in [1.807, 2.05) is 27.9 Å². The predicted molar refractivity (Wildman–Crippen MR) is 101 cm³/mol. The molecule has 1 rings (SSSR count). The van der Waals surface area contributed by atoms with E-state index in [-0.39, 0.29) is 30.3 Å². The summed E-state index contributed by atoms with van der Waals surface area (Å²) in [6.45, 7) is 6.28. The Morgan fingerprint density at radius 2 is 1.72 bits per heavy atom. The quantitative estimate of drug-likeness (QED) is 0.623. The molecule has 4 N–H and O–H groups in total. The molecule has 6 nitrogen and oxygen atoms in total. The van der Waals surface area contributed by atoms with Gasteiger partial charge in [0.25, 0.3) is 0 Å². The van der Waals surface area contributed by atoms with Crippen LogP contribution in [0, 0.1) is 5.92 Å². The molecule has 0 aliphatic rings. The number of nitrogens with one attached hydrogen (secondary N) is 2. The Balaban J connectivity index is 2.54. The Hall–Kier alpha value is -1.92. The number of carbonyl (C=O) groups excluding carboxylic acids is 2. The molecule has 0 heterocycles. The smallest absolute Gasteiger partial charge is 0.239 e. The molecule has 0 spiro atoms. The van der Waals surface area contributed by atoms with Crippen LogP contribution in [0.4, 0.5) is 0 Å². The van der Waals surface area contributed by atoms with Gasteiger partial charge in [-0.05, 0) is 37.6 Å². The lowest BCUT2D eigenvalue weighted by atomic mass is 10.0. The molecule has 2 amide bonds. The summed E-state index contributed by atoms with van der Waals surface area (Å²) in [5, 5.41) is 5.46. The summed E-state index contributed by atoms with van der Waals surface area (Å²) in [4.78, 5) is 25.9. The zero-order chi connectivity index (χ0) is 19.0. The van der Waals surface area contributed by atoms with Gasteiger partial charge in [-0.25, -0.2) is 0 Å². The van der Waals surface area contributed by atoms with E-state index in [9.17, 15) is 9.59 Å². The number of aryl methyl sites for hydroxylation is 1. The summed E-state index contributed by atoms with van der Waals surface area (Å²) < 4.78 is 0. The average Bonchev–Trinajstić information content (AvgIpc) is 2.59. The minimum Gasteiger partial charge on any atom is -0.353 e. The third-order valence-corrected chi connectivity index (χ3v) is 4.33. The lowest BCUT2D eigenvalue weighted by Gasteiger charge is -2.25. The fourth-order valence-electron chi connectivity index (χ4n) is 2.44. The molecule has 0 bridgehead atoms. The van der Waals surface area contributed by atoms with Crippen molar-refractivity contribution in [3.63, 3.8) is 0 Å². The molecule has 0 aliphatic carbocycles. The molecule has 0 saturated carbocycles. The van der Waals surface area contributed by atoms with E-state index < -0.39 is 6.04 Å². The van der Waals surface area contributed by atoms with Crippen LogP contribution in [0.15, 0.2) is 24.3 Å². The van der Waals surface area contributed by atoms with E-state index in [1.165, 1.54) is 5.56 Å². The fraction of sp³-hybridized carbons (Fsp3) is 0.579. The zero-order valence-corrected chi connectivity index (χ0v) is 16.0. The molecule has 0 aliphatic heterocycles. The molecule has 1 unspecified atom stereocenters. The highest BCUT2D eigenvalue weighted by molar-refractivity contribution is 5.87. The molecule has 6 heteroatoms. The van der Waals surface area contributed by atoms with Gasteiger partial charge in [-0.3, -0.25) is 9.59 Å². The molecule has 0 radical (unpaired) electrons. The Bertz CT molecular complexity index is 555. The van der Waals surface area contributed by atoms with Gasteiger partial charge in [0.2, 0.25) is 11.8 Å². The molecule has 0 fully saturated rings. The van der Waals surface area contributed by atoms with Gasteiger partial charge < -0.3 is 21.3 Å². The normalized spacial score (nSPS) is 13.6. The third kappa shape index (κ3) is 6.84. The number of benzene rings is 1. The standard InChI is InChI=1S/C19H32N4O2/c1-6-14-7-9-15(10-8-14)16(23(4)5)11-21-17(24)12-22-19(25)18(20)13(2)3/h7-10,13,16,18H,6,11-12,20H2,1-5H3,(H,21,24)(H,22,25)/t16?,18-/m0/s1. The topological polar surface area (TPSA) is 87.5 Å². The van der Waals surface area contributed by atoms with Gasteiger partial charge in [-0.1, -0.05) is 45.0 Å². The number of amides is 2. The number of rotatable bonds is 9. The summed E-state index contributed by atoms with van der Waals surface area (Å²) in [5.74, 6) is -0.488. The van der Waals surface area contributed by atoms with Crippen LogP contribution in [0.1, 0.15) is 37.9 Å². The van der Waals surface area contributed by atoms with Crippen molar-refractivity contribution in [2.45, 2.75) is 39.3 Å². The van der Waals surface area contributed by atoms with E-state index in [1.54, 1.807) is 0 Å². The van der Waals surface area contributed by atoms with Gasteiger partial charge in [0.15, 0.2) is 0 Å². The number of carbonyl (C=O) groups is 2. The lowest BCUT2D eigenvalue weighted by Crippen LogP contribution is -2.47. The van der Waals surface area contributed by atoms with Crippen LogP contribution in [0.2, 0.25) is 0 Å². The monoisotopic (exact) mass is 348 g/mol. The van der Waals surface area contributed by atoms with Crippen molar-refractivity contribution in [1.29, 1.82) is 0 Å². The maximum atomic E-state index is 12.0. The maximum absolute atomic E-state index is 12.0. The van der Waals surface area contributed by atoms with Gasteiger partial charge >= 0.3 is 0 Å². The van der Waals surface area contributed by atoms with Crippen LogP contribution in [-0.4, -0.2) is 49.9 Å². The molecule has 25 heavy (non-hydrogen) atoms. The SMILES string of the molecule is CCc1ccc(C(CNC(=O)CNC(=O)[C@@H](N)C(C)C)N(C)C)cc1. The first-order chi connectivity index (χ1) is 11.8. The second-order valence-corrected chi connectivity index (χ2v) is 6.87. The molecular formula is C19H32N4O2. The molecule has 2 atom stereocenters. The van der Waals surface area contributed by atoms with E-state index in [4.69, 9.17) is 5.73 Å². The lowest BCUT2D eigenvalue weighted by molar-refractivity contribution is -0.127. The van der Waals surface area contributed by atoms with E-state index in [0.717, 1.165) is 12.0 Å². The van der Waals surface area contributed by atoms with Crippen LogP contribution >= 0.6 is 0 Å².